The minimum Gasteiger partial charge on any atom is -0.489 e. The Morgan fingerprint density at radius 1 is 0.792 bits per heavy atom. The number of hydrogen-bond donors (Lipinski definition) is 0. The molecule has 0 aliphatic rings. The molecule has 0 radical (unpaired) electrons. The fraction of sp³-hybridized carbons (Fsp3) is 0.300. The van der Waals surface area contributed by atoms with E-state index in [0.717, 1.165) is 5.56 Å². The fourth-order valence-corrected chi connectivity index (χ4v) is 2.33. The minimum atomic E-state index is -0.462. The molecule has 0 unspecified atom stereocenters. The number of rotatable bonds is 8. The second-order valence-corrected chi connectivity index (χ2v) is 4.98. The van der Waals surface area contributed by atoms with Crippen LogP contribution in [0, 0.1) is 5.82 Å². The van der Waals surface area contributed by atoms with E-state index in [1.165, 1.54) is 6.07 Å². The maximum atomic E-state index is 14.5. The van der Waals surface area contributed by atoms with Crippen LogP contribution in [-0.4, -0.2) is 19.8 Å². The first kappa shape index (κ1) is 17.9. The Morgan fingerprint density at radius 3 is 2.00 bits per heavy atom. The van der Waals surface area contributed by atoms with Gasteiger partial charge in [-0.3, -0.25) is 0 Å². The van der Waals surface area contributed by atoms with Crippen LogP contribution in [0.3, 0.4) is 0 Å². The van der Waals surface area contributed by atoms with Crippen molar-refractivity contribution in [2.24, 2.45) is 0 Å². The van der Waals surface area contributed by atoms with Crippen LogP contribution in [0.4, 0.5) is 4.39 Å². The summed E-state index contributed by atoms with van der Waals surface area (Å²) in [7, 11) is 0. The minimum absolute atomic E-state index is 0.0969. The van der Waals surface area contributed by atoms with Crippen molar-refractivity contribution in [1.82, 2.24) is 0 Å². The molecule has 128 valence electrons. The number of halogens is 1. The average molecular weight is 330 g/mol. The van der Waals surface area contributed by atoms with Crippen LogP contribution in [0.15, 0.2) is 36.4 Å². The van der Waals surface area contributed by atoms with E-state index < -0.39 is 5.82 Å². The predicted octanol–water partition coefficient (Wildman–Crippen LogP) is 5.19. The lowest BCUT2D eigenvalue weighted by molar-refractivity contribution is 0.252. The molecule has 0 amide bonds. The van der Waals surface area contributed by atoms with Crippen LogP contribution in [0.1, 0.15) is 31.9 Å². The van der Waals surface area contributed by atoms with Crippen LogP contribution in [0.25, 0.3) is 12.2 Å². The molecule has 0 aliphatic carbocycles. The Morgan fingerprint density at radius 2 is 1.38 bits per heavy atom. The maximum Gasteiger partial charge on any atom is 0.207 e. The van der Waals surface area contributed by atoms with Gasteiger partial charge in [0.15, 0.2) is 11.6 Å². The summed E-state index contributed by atoms with van der Waals surface area (Å²) in [5, 5.41) is 0. The van der Waals surface area contributed by atoms with E-state index in [2.05, 4.69) is 0 Å². The van der Waals surface area contributed by atoms with Crippen LogP contribution in [-0.2, 0) is 0 Å². The molecule has 0 bridgehead atoms. The SMILES string of the molecule is CCOc1c(F)cc(C=Cc2ccccc2)c(OCC)c1OCC. The number of hydrogen-bond acceptors (Lipinski definition) is 3. The highest BCUT2D eigenvalue weighted by molar-refractivity contribution is 5.76. The van der Waals surface area contributed by atoms with Gasteiger partial charge in [0.25, 0.3) is 0 Å². The Labute approximate surface area is 142 Å². The van der Waals surface area contributed by atoms with Gasteiger partial charge in [-0.15, -0.1) is 0 Å². The monoisotopic (exact) mass is 330 g/mol. The van der Waals surface area contributed by atoms with Crippen molar-refractivity contribution in [3.63, 3.8) is 0 Å². The van der Waals surface area contributed by atoms with Crippen LogP contribution < -0.4 is 14.2 Å². The predicted molar refractivity (Wildman–Crippen MR) is 95.3 cm³/mol. The maximum absolute atomic E-state index is 14.5. The zero-order valence-electron chi connectivity index (χ0n) is 14.3. The van der Waals surface area contributed by atoms with Crippen molar-refractivity contribution >= 4 is 12.2 Å². The Hall–Kier alpha value is -2.49. The summed E-state index contributed by atoms with van der Waals surface area (Å²) >= 11 is 0. The molecule has 24 heavy (non-hydrogen) atoms. The van der Waals surface area contributed by atoms with Gasteiger partial charge < -0.3 is 14.2 Å². The lowest BCUT2D eigenvalue weighted by atomic mass is 10.1. The van der Waals surface area contributed by atoms with Crippen LogP contribution in [0.2, 0.25) is 0 Å². The standard InChI is InChI=1S/C20H23FO3/c1-4-22-18-16(13-12-15-10-8-7-9-11-15)14-17(21)19(23-5-2)20(18)24-6-3/h7-14H,4-6H2,1-3H3. The smallest absolute Gasteiger partial charge is 0.207 e. The molecular formula is C20H23FO3. The number of ether oxygens (including phenoxy) is 3. The van der Waals surface area contributed by atoms with Crippen LogP contribution >= 0.6 is 0 Å². The van der Waals surface area contributed by atoms with Gasteiger partial charge in [0.2, 0.25) is 11.5 Å². The molecule has 2 rings (SSSR count). The Balaban J connectivity index is 2.51. The molecule has 0 aliphatic heterocycles. The third kappa shape index (κ3) is 4.28. The summed E-state index contributed by atoms with van der Waals surface area (Å²) in [5.74, 6) is 0.446. The van der Waals surface area contributed by atoms with Gasteiger partial charge in [0.1, 0.15) is 0 Å². The second kappa shape index (κ2) is 8.96. The molecule has 0 heterocycles. The van der Waals surface area contributed by atoms with Crippen molar-refractivity contribution in [2.45, 2.75) is 20.8 Å². The zero-order valence-corrected chi connectivity index (χ0v) is 14.3. The Bertz CT molecular complexity index is 681. The summed E-state index contributed by atoms with van der Waals surface area (Å²) < 4.78 is 31.2. The second-order valence-electron chi connectivity index (χ2n) is 4.98. The van der Waals surface area contributed by atoms with Crippen molar-refractivity contribution in [1.29, 1.82) is 0 Å². The van der Waals surface area contributed by atoms with Gasteiger partial charge in [0, 0.05) is 5.56 Å². The van der Waals surface area contributed by atoms with Crippen molar-refractivity contribution < 1.29 is 18.6 Å². The Kier molecular flexibility index (Phi) is 6.67. The van der Waals surface area contributed by atoms with Crippen LogP contribution in [0.5, 0.6) is 17.2 Å². The van der Waals surface area contributed by atoms with Crippen molar-refractivity contribution in [2.75, 3.05) is 19.8 Å². The molecule has 0 spiro atoms. The highest BCUT2D eigenvalue weighted by Gasteiger charge is 2.21. The topological polar surface area (TPSA) is 27.7 Å². The van der Waals surface area contributed by atoms with E-state index in [4.69, 9.17) is 14.2 Å². The highest BCUT2D eigenvalue weighted by Crippen LogP contribution is 2.43. The third-order valence-corrected chi connectivity index (χ3v) is 3.29. The molecule has 2 aromatic carbocycles. The molecule has 2 aromatic rings. The molecule has 3 nitrogen and oxygen atoms in total. The van der Waals surface area contributed by atoms with E-state index >= 15 is 0 Å². The molecule has 0 atom stereocenters. The van der Waals surface area contributed by atoms with E-state index in [1.54, 1.807) is 6.92 Å². The molecular weight excluding hydrogens is 307 g/mol. The largest absolute Gasteiger partial charge is 0.489 e. The fourth-order valence-electron chi connectivity index (χ4n) is 2.33. The zero-order chi connectivity index (χ0) is 17.4. The first-order chi connectivity index (χ1) is 11.7. The van der Waals surface area contributed by atoms with Gasteiger partial charge in [-0.05, 0) is 32.4 Å². The molecule has 0 saturated heterocycles. The van der Waals surface area contributed by atoms with Crippen molar-refractivity contribution in [3.8, 4) is 17.2 Å². The highest BCUT2D eigenvalue weighted by atomic mass is 19.1. The molecule has 0 saturated carbocycles. The first-order valence-corrected chi connectivity index (χ1v) is 8.19. The van der Waals surface area contributed by atoms with E-state index in [0.29, 0.717) is 36.9 Å². The third-order valence-electron chi connectivity index (χ3n) is 3.29. The summed E-state index contributed by atoms with van der Waals surface area (Å²) in [5.41, 5.74) is 1.64. The normalized spacial score (nSPS) is 10.8. The molecule has 0 fully saturated rings. The van der Waals surface area contributed by atoms with E-state index in [-0.39, 0.29) is 5.75 Å². The molecule has 0 N–H and O–H groups in total. The quantitative estimate of drug-likeness (QED) is 0.623. The van der Waals surface area contributed by atoms with Gasteiger partial charge in [0.05, 0.1) is 19.8 Å². The average Bonchev–Trinajstić information content (AvgIpc) is 2.60. The van der Waals surface area contributed by atoms with Gasteiger partial charge >= 0.3 is 0 Å². The van der Waals surface area contributed by atoms with Gasteiger partial charge in [-0.25, -0.2) is 4.39 Å². The summed E-state index contributed by atoms with van der Waals surface area (Å²) in [4.78, 5) is 0. The lowest BCUT2D eigenvalue weighted by Gasteiger charge is -2.18. The summed E-state index contributed by atoms with van der Waals surface area (Å²) in [6.45, 7) is 6.72. The van der Waals surface area contributed by atoms with E-state index in [1.807, 2.05) is 56.3 Å². The first-order valence-electron chi connectivity index (χ1n) is 8.19. The number of benzene rings is 2. The van der Waals surface area contributed by atoms with Gasteiger partial charge in [-0.2, -0.15) is 0 Å². The molecule has 4 heteroatoms. The van der Waals surface area contributed by atoms with E-state index in [9.17, 15) is 4.39 Å². The summed E-state index contributed by atoms with van der Waals surface area (Å²) in [6, 6.07) is 11.2. The molecule has 0 aromatic heterocycles. The summed E-state index contributed by atoms with van der Waals surface area (Å²) in [6.07, 6.45) is 3.73. The van der Waals surface area contributed by atoms with Gasteiger partial charge in [-0.1, -0.05) is 42.5 Å². The lowest BCUT2D eigenvalue weighted by Crippen LogP contribution is -2.05. The van der Waals surface area contributed by atoms with Crippen molar-refractivity contribution in [3.05, 3.63) is 53.3 Å².